The standard InChI is InChI=1S/C17H28O8/c1-18-15(13-7-24-13)17(9-20-3-11-5-22-11,10-21-4-12-6-23-12)16(19-2)14-8-25-14/h11-16H,3-10H2,1-2H3. The van der Waals surface area contributed by atoms with Crippen molar-refractivity contribution in [3.8, 4) is 0 Å². The van der Waals surface area contributed by atoms with Gasteiger partial charge in [0.15, 0.2) is 0 Å². The fraction of sp³-hybridized carbons (Fsp3) is 1.00. The molecule has 4 heterocycles. The summed E-state index contributed by atoms with van der Waals surface area (Å²) < 4.78 is 45.4. The lowest BCUT2D eigenvalue weighted by atomic mass is 9.75. The summed E-state index contributed by atoms with van der Waals surface area (Å²) in [6, 6.07) is 0. The minimum absolute atomic E-state index is 0.0305. The summed E-state index contributed by atoms with van der Waals surface area (Å²) in [7, 11) is 3.41. The van der Waals surface area contributed by atoms with Crippen molar-refractivity contribution in [2.75, 3.05) is 67.1 Å². The first-order valence-corrected chi connectivity index (χ1v) is 8.94. The molecule has 0 aliphatic carbocycles. The first kappa shape index (κ1) is 18.1. The zero-order valence-electron chi connectivity index (χ0n) is 14.9. The van der Waals surface area contributed by atoms with Crippen LogP contribution in [0.3, 0.4) is 0 Å². The maximum Gasteiger partial charge on any atom is 0.108 e. The van der Waals surface area contributed by atoms with Gasteiger partial charge in [-0.05, 0) is 0 Å². The predicted molar refractivity (Wildman–Crippen MR) is 84.6 cm³/mol. The minimum atomic E-state index is -0.518. The smallest absolute Gasteiger partial charge is 0.108 e. The van der Waals surface area contributed by atoms with E-state index in [1.54, 1.807) is 14.2 Å². The van der Waals surface area contributed by atoms with Gasteiger partial charge in [-0.15, -0.1) is 0 Å². The molecule has 4 aliphatic heterocycles. The molecule has 0 saturated carbocycles. The van der Waals surface area contributed by atoms with Gasteiger partial charge in [0, 0.05) is 14.2 Å². The van der Waals surface area contributed by atoms with Crippen molar-refractivity contribution in [1.29, 1.82) is 0 Å². The lowest BCUT2D eigenvalue weighted by Gasteiger charge is -2.43. The fourth-order valence-electron chi connectivity index (χ4n) is 3.60. The maximum atomic E-state index is 6.01. The number of methoxy groups -OCH3 is 2. The lowest BCUT2D eigenvalue weighted by molar-refractivity contribution is -0.178. The first-order valence-electron chi connectivity index (χ1n) is 8.94. The monoisotopic (exact) mass is 360 g/mol. The molecular weight excluding hydrogens is 332 g/mol. The minimum Gasteiger partial charge on any atom is -0.378 e. The molecule has 0 N–H and O–H groups in total. The summed E-state index contributed by atoms with van der Waals surface area (Å²) in [6.45, 7) is 4.90. The van der Waals surface area contributed by atoms with Crippen molar-refractivity contribution in [3.05, 3.63) is 0 Å². The van der Waals surface area contributed by atoms with Crippen LogP contribution in [0.1, 0.15) is 0 Å². The van der Waals surface area contributed by atoms with Gasteiger partial charge in [0.05, 0.1) is 70.5 Å². The Morgan fingerprint density at radius 1 is 0.760 bits per heavy atom. The van der Waals surface area contributed by atoms with Crippen LogP contribution in [0.2, 0.25) is 0 Å². The Bertz CT molecular complexity index is 390. The van der Waals surface area contributed by atoms with Crippen molar-refractivity contribution in [3.63, 3.8) is 0 Å². The molecule has 8 nitrogen and oxygen atoms in total. The molecule has 0 aromatic rings. The second kappa shape index (κ2) is 7.74. The summed E-state index contributed by atoms with van der Waals surface area (Å²) in [4.78, 5) is 0. The Labute approximate surface area is 147 Å². The molecule has 4 rings (SSSR count). The van der Waals surface area contributed by atoms with E-state index < -0.39 is 5.41 Å². The largest absolute Gasteiger partial charge is 0.378 e. The average molecular weight is 360 g/mol. The second-order valence-corrected chi connectivity index (χ2v) is 7.23. The molecule has 0 spiro atoms. The first-order chi connectivity index (χ1) is 12.3. The van der Waals surface area contributed by atoms with Gasteiger partial charge in [-0.1, -0.05) is 0 Å². The van der Waals surface area contributed by atoms with Crippen LogP contribution in [0.25, 0.3) is 0 Å². The van der Waals surface area contributed by atoms with Crippen LogP contribution in [0, 0.1) is 5.41 Å². The SMILES string of the molecule is COC(C1CO1)C(COCC1CO1)(COCC1CO1)C(OC)C1CO1. The van der Waals surface area contributed by atoms with E-state index in [4.69, 9.17) is 37.9 Å². The molecule has 144 valence electrons. The van der Waals surface area contributed by atoms with Gasteiger partial charge in [-0.25, -0.2) is 0 Å². The third-order valence-electron chi connectivity index (χ3n) is 5.19. The normalized spacial score (nSPS) is 37.2. The zero-order valence-corrected chi connectivity index (χ0v) is 14.9. The summed E-state index contributed by atoms with van der Waals surface area (Å²) in [6.07, 6.45) is 0.0827. The molecule has 25 heavy (non-hydrogen) atoms. The van der Waals surface area contributed by atoms with Crippen molar-refractivity contribution in [2.24, 2.45) is 5.41 Å². The van der Waals surface area contributed by atoms with E-state index in [2.05, 4.69) is 0 Å². The summed E-state index contributed by atoms with van der Waals surface area (Å²) >= 11 is 0. The molecule has 0 aromatic heterocycles. The Morgan fingerprint density at radius 2 is 1.16 bits per heavy atom. The Kier molecular flexibility index (Phi) is 5.59. The molecule has 0 amide bonds. The Balaban J connectivity index is 1.50. The highest BCUT2D eigenvalue weighted by atomic mass is 16.6. The number of hydrogen-bond donors (Lipinski definition) is 0. The number of hydrogen-bond acceptors (Lipinski definition) is 8. The third-order valence-corrected chi connectivity index (χ3v) is 5.19. The highest BCUT2D eigenvalue weighted by Crippen LogP contribution is 2.42. The van der Waals surface area contributed by atoms with Crippen LogP contribution in [-0.2, 0) is 37.9 Å². The van der Waals surface area contributed by atoms with Crippen LogP contribution in [-0.4, -0.2) is 104 Å². The van der Waals surface area contributed by atoms with Crippen LogP contribution in [0.5, 0.6) is 0 Å². The average Bonchev–Trinajstić information content (AvgIpc) is 3.45. The lowest BCUT2D eigenvalue weighted by Crippen LogP contribution is -2.57. The quantitative estimate of drug-likeness (QED) is 0.388. The van der Waals surface area contributed by atoms with Gasteiger partial charge >= 0.3 is 0 Å². The molecule has 4 fully saturated rings. The molecule has 4 aliphatic rings. The topological polar surface area (TPSA) is 87.0 Å². The van der Waals surface area contributed by atoms with Gasteiger partial charge in [-0.3, -0.25) is 0 Å². The zero-order chi connectivity index (χ0) is 17.3. The van der Waals surface area contributed by atoms with E-state index in [-0.39, 0.29) is 36.6 Å². The van der Waals surface area contributed by atoms with E-state index >= 15 is 0 Å². The van der Waals surface area contributed by atoms with Crippen molar-refractivity contribution >= 4 is 0 Å². The highest BCUT2D eigenvalue weighted by molar-refractivity contribution is 5.05. The van der Waals surface area contributed by atoms with E-state index in [9.17, 15) is 0 Å². The van der Waals surface area contributed by atoms with E-state index in [1.165, 1.54) is 0 Å². The van der Waals surface area contributed by atoms with Gasteiger partial charge in [-0.2, -0.15) is 0 Å². The van der Waals surface area contributed by atoms with E-state index in [1.807, 2.05) is 0 Å². The maximum absolute atomic E-state index is 6.01. The van der Waals surface area contributed by atoms with Crippen LogP contribution in [0.4, 0.5) is 0 Å². The summed E-state index contributed by atoms with van der Waals surface area (Å²) in [5.41, 5.74) is -0.518. The van der Waals surface area contributed by atoms with Crippen LogP contribution >= 0.6 is 0 Å². The molecule has 4 saturated heterocycles. The molecule has 6 unspecified atom stereocenters. The third kappa shape index (κ3) is 4.51. The number of epoxide rings is 4. The Morgan fingerprint density at radius 3 is 1.44 bits per heavy atom. The van der Waals surface area contributed by atoms with Crippen molar-refractivity contribution in [1.82, 2.24) is 0 Å². The molecule has 0 bridgehead atoms. The van der Waals surface area contributed by atoms with Crippen molar-refractivity contribution in [2.45, 2.75) is 36.6 Å². The van der Waals surface area contributed by atoms with Crippen molar-refractivity contribution < 1.29 is 37.9 Å². The highest BCUT2D eigenvalue weighted by Gasteiger charge is 2.58. The summed E-state index contributed by atoms with van der Waals surface area (Å²) in [5, 5.41) is 0. The molecular formula is C17H28O8. The number of ether oxygens (including phenoxy) is 8. The van der Waals surface area contributed by atoms with Crippen LogP contribution < -0.4 is 0 Å². The van der Waals surface area contributed by atoms with Gasteiger partial charge in [0.1, 0.15) is 24.4 Å². The van der Waals surface area contributed by atoms with Gasteiger partial charge in [0.25, 0.3) is 0 Å². The molecule has 0 radical (unpaired) electrons. The predicted octanol–water partition coefficient (Wildman–Crippen LogP) is -0.369. The number of rotatable bonds is 14. The fourth-order valence-corrected chi connectivity index (χ4v) is 3.60. The van der Waals surface area contributed by atoms with E-state index in [0.717, 1.165) is 13.2 Å². The molecule has 0 aromatic carbocycles. The Hall–Kier alpha value is -0.320. The second-order valence-electron chi connectivity index (χ2n) is 7.23. The molecule has 8 heteroatoms. The van der Waals surface area contributed by atoms with Gasteiger partial charge < -0.3 is 37.9 Å². The van der Waals surface area contributed by atoms with Gasteiger partial charge in [0.2, 0.25) is 0 Å². The molecule has 6 atom stereocenters. The summed E-state index contributed by atoms with van der Waals surface area (Å²) in [5.74, 6) is 0. The van der Waals surface area contributed by atoms with Crippen LogP contribution in [0.15, 0.2) is 0 Å². The van der Waals surface area contributed by atoms with E-state index in [0.29, 0.717) is 39.6 Å².